The van der Waals surface area contributed by atoms with Gasteiger partial charge in [-0.1, -0.05) is 22.0 Å². The summed E-state index contributed by atoms with van der Waals surface area (Å²) in [5.74, 6) is 0.882. The molecule has 2 aliphatic heterocycles. The first-order valence-electron chi connectivity index (χ1n) is 9.54. The van der Waals surface area contributed by atoms with Gasteiger partial charge in [-0.15, -0.1) is 0 Å². The maximum absolute atomic E-state index is 12.8. The molecule has 0 bridgehead atoms. The topological polar surface area (TPSA) is 53.8 Å². The fourth-order valence-corrected chi connectivity index (χ4v) is 4.83. The number of alkyl halides is 1. The van der Waals surface area contributed by atoms with Crippen molar-refractivity contribution in [3.63, 3.8) is 0 Å². The Kier molecular flexibility index (Phi) is 4.57. The van der Waals surface area contributed by atoms with Gasteiger partial charge in [0.1, 0.15) is 5.58 Å². The molecule has 3 heterocycles. The number of piperidine rings is 1. The molecule has 4 rings (SSSR count). The summed E-state index contributed by atoms with van der Waals surface area (Å²) in [6.07, 6.45) is 2.56. The van der Waals surface area contributed by atoms with Gasteiger partial charge in [0.2, 0.25) is 5.91 Å². The van der Waals surface area contributed by atoms with Gasteiger partial charge in [-0.25, -0.2) is 0 Å². The van der Waals surface area contributed by atoms with E-state index in [9.17, 15) is 9.59 Å². The maximum Gasteiger partial charge on any atom is 0.228 e. The van der Waals surface area contributed by atoms with Gasteiger partial charge in [-0.05, 0) is 44.7 Å². The number of hydrogen-bond donors (Lipinski definition) is 0. The van der Waals surface area contributed by atoms with Crippen LogP contribution in [-0.2, 0) is 4.79 Å². The number of aryl methyl sites for hydroxylation is 1. The van der Waals surface area contributed by atoms with Crippen molar-refractivity contribution in [3.8, 4) is 0 Å². The van der Waals surface area contributed by atoms with E-state index in [-0.39, 0.29) is 21.6 Å². The molecule has 2 saturated heterocycles. The zero-order chi connectivity index (χ0) is 19.3. The summed E-state index contributed by atoms with van der Waals surface area (Å²) < 4.78 is 6.23. The first-order chi connectivity index (χ1) is 12.8. The van der Waals surface area contributed by atoms with Crippen LogP contribution in [0.3, 0.4) is 0 Å². The van der Waals surface area contributed by atoms with Crippen LogP contribution in [0.15, 0.2) is 27.4 Å². The van der Waals surface area contributed by atoms with Gasteiger partial charge >= 0.3 is 0 Å². The molecule has 0 N–H and O–H groups in total. The minimum absolute atomic E-state index is 0.0127. The van der Waals surface area contributed by atoms with Crippen LogP contribution in [0.5, 0.6) is 0 Å². The van der Waals surface area contributed by atoms with Crippen molar-refractivity contribution in [3.05, 3.63) is 39.5 Å². The molecule has 2 aromatic rings. The molecule has 144 valence electrons. The van der Waals surface area contributed by atoms with Gasteiger partial charge < -0.3 is 14.2 Å². The average Bonchev–Trinajstić information content (AvgIpc) is 2.91. The van der Waals surface area contributed by atoms with Crippen molar-refractivity contribution < 1.29 is 9.21 Å². The molecule has 2 aliphatic rings. The van der Waals surface area contributed by atoms with E-state index in [0.717, 1.165) is 50.0 Å². The third-order valence-electron chi connectivity index (χ3n) is 6.18. The quantitative estimate of drug-likeness (QED) is 0.672. The van der Waals surface area contributed by atoms with E-state index in [0.29, 0.717) is 16.9 Å². The summed E-state index contributed by atoms with van der Waals surface area (Å²) in [6.45, 7) is 6.34. The van der Waals surface area contributed by atoms with Crippen molar-refractivity contribution in [2.75, 3.05) is 31.6 Å². The molecule has 1 aromatic heterocycles. The average molecular weight is 433 g/mol. The van der Waals surface area contributed by atoms with Crippen molar-refractivity contribution in [1.82, 2.24) is 4.90 Å². The third kappa shape index (κ3) is 3.08. The number of carbonyl (C=O) groups is 1. The van der Waals surface area contributed by atoms with Crippen molar-refractivity contribution >= 4 is 38.7 Å². The van der Waals surface area contributed by atoms with E-state index >= 15 is 0 Å². The highest BCUT2D eigenvalue weighted by Gasteiger charge is 2.47. The summed E-state index contributed by atoms with van der Waals surface area (Å²) >= 11 is 3.62. The Hall–Kier alpha value is -1.82. The van der Waals surface area contributed by atoms with Crippen molar-refractivity contribution in [2.24, 2.45) is 5.41 Å². The van der Waals surface area contributed by atoms with E-state index in [2.05, 4.69) is 26.9 Å². The fourth-order valence-electron chi connectivity index (χ4n) is 4.49. The minimum Gasteiger partial charge on any atom is -0.440 e. The lowest BCUT2D eigenvalue weighted by atomic mass is 9.77. The Balaban J connectivity index is 1.67. The maximum atomic E-state index is 12.8. The number of anilines is 1. The summed E-state index contributed by atoms with van der Waals surface area (Å²) in [5, 5.41) is 0.626. The van der Waals surface area contributed by atoms with Crippen molar-refractivity contribution in [1.29, 1.82) is 0 Å². The Labute approximate surface area is 167 Å². The second-order valence-corrected chi connectivity index (χ2v) is 9.41. The smallest absolute Gasteiger partial charge is 0.228 e. The molecule has 5 nitrogen and oxygen atoms in total. The lowest BCUT2D eigenvalue weighted by Crippen LogP contribution is -2.44. The molecule has 1 atom stereocenters. The molecule has 0 saturated carbocycles. The van der Waals surface area contributed by atoms with E-state index in [4.69, 9.17) is 4.42 Å². The number of hydrogen-bond acceptors (Lipinski definition) is 4. The van der Waals surface area contributed by atoms with Gasteiger partial charge in [0.25, 0.3) is 0 Å². The second-order valence-electron chi connectivity index (χ2n) is 8.04. The number of rotatable bonds is 2. The van der Waals surface area contributed by atoms with Gasteiger partial charge in [0.15, 0.2) is 11.3 Å². The number of likely N-dealkylation sites (tertiary alicyclic amines) is 1. The van der Waals surface area contributed by atoms with Crippen LogP contribution < -0.4 is 10.3 Å². The zero-order valence-corrected chi connectivity index (χ0v) is 17.6. The van der Waals surface area contributed by atoms with Crippen LogP contribution in [0.4, 0.5) is 5.88 Å². The predicted molar refractivity (Wildman–Crippen MR) is 111 cm³/mol. The summed E-state index contributed by atoms with van der Waals surface area (Å²) in [5.41, 5.74) is 2.47. The molecular weight excluding hydrogens is 408 g/mol. The number of carbonyl (C=O) groups excluding carboxylic acids is 1. The van der Waals surface area contributed by atoms with E-state index in [1.165, 1.54) is 0 Å². The monoisotopic (exact) mass is 432 g/mol. The first-order valence-corrected chi connectivity index (χ1v) is 10.5. The summed E-state index contributed by atoms with van der Waals surface area (Å²) in [6, 6.07) is 5.56. The molecule has 6 heteroatoms. The molecular formula is C21H25BrN2O3. The normalized spacial score (nSPS) is 20.7. The summed E-state index contributed by atoms with van der Waals surface area (Å²) in [4.78, 5) is 29.3. The number of fused-ring (bicyclic) bond motifs is 1. The predicted octanol–water partition coefficient (Wildman–Crippen LogP) is 4.01. The van der Waals surface area contributed by atoms with Gasteiger partial charge in [-0.2, -0.15) is 0 Å². The lowest BCUT2D eigenvalue weighted by Gasteiger charge is -2.38. The van der Waals surface area contributed by atoms with E-state index < -0.39 is 0 Å². The highest BCUT2D eigenvalue weighted by Crippen LogP contribution is 2.42. The number of amides is 1. The third-order valence-corrected chi connectivity index (χ3v) is 6.67. The van der Waals surface area contributed by atoms with Crippen LogP contribution in [0.1, 0.15) is 42.1 Å². The molecule has 1 spiro atoms. The van der Waals surface area contributed by atoms with Gasteiger partial charge in [-0.3, -0.25) is 9.59 Å². The summed E-state index contributed by atoms with van der Waals surface area (Å²) in [7, 11) is 1.89. The molecule has 27 heavy (non-hydrogen) atoms. The van der Waals surface area contributed by atoms with Crippen LogP contribution in [0, 0.1) is 12.3 Å². The second kappa shape index (κ2) is 6.66. The molecule has 1 unspecified atom stereocenters. The van der Waals surface area contributed by atoms with Crippen LogP contribution in [0.2, 0.25) is 0 Å². The van der Waals surface area contributed by atoms with Gasteiger partial charge in [0.05, 0.1) is 10.8 Å². The SMILES string of the molecule is Cc1cc(C(C)Br)c2oc(N3CCC4(CCN(C)C4=O)CC3)cc(=O)c2c1. The largest absolute Gasteiger partial charge is 0.440 e. The molecule has 0 radical (unpaired) electrons. The van der Waals surface area contributed by atoms with Crippen molar-refractivity contribution in [2.45, 2.75) is 37.9 Å². The van der Waals surface area contributed by atoms with Gasteiger partial charge in [0, 0.05) is 43.1 Å². The lowest BCUT2D eigenvalue weighted by molar-refractivity contribution is -0.135. The Bertz CT molecular complexity index is 958. The minimum atomic E-state index is -0.213. The standard InChI is InChI=1S/C21H25BrN2O3/c1-13-10-15(14(2)22)19-16(11-13)17(25)12-18(27-19)24-8-5-21(6-9-24)4-7-23(3)20(21)26/h10-12,14H,4-9H2,1-3H3. The fraction of sp³-hybridized carbons (Fsp3) is 0.524. The van der Waals surface area contributed by atoms with Crippen LogP contribution >= 0.6 is 15.9 Å². The Morgan fingerprint density at radius 3 is 2.37 bits per heavy atom. The van der Waals surface area contributed by atoms with Crippen LogP contribution in [-0.4, -0.2) is 37.5 Å². The molecule has 0 aliphatic carbocycles. The van der Waals surface area contributed by atoms with E-state index in [1.807, 2.05) is 31.9 Å². The van der Waals surface area contributed by atoms with Crippen LogP contribution in [0.25, 0.3) is 11.0 Å². The first kappa shape index (κ1) is 18.5. The molecule has 2 fully saturated rings. The number of halogens is 1. The number of nitrogens with zero attached hydrogens (tertiary/aromatic N) is 2. The number of benzene rings is 1. The Morgan fingerprint density at radius 2 is 1.78 bits per heavy atom. The highest BCUT2D eigenvalue weighted by molar-refractivity contribution is 9.09. The molecule has 1 amide bonds. The van der Waals surface area contributed by atoms with E-state index in [1.54, 1.807) is 6.07 Å². The zero-order valence-electron chi connectivity index (χ0n) is 16.0. The highest BCUT2D eigenvalue weighted by atomic mass is 79.9. The Morgan fingerprint density at radius 1 is 1.11 bits per heavy atom. The molecule has 1 aromatic carbocycles.